The fourth-order valence-corrected chi connectivity index (χ4v) is 4.03. The number of nitrogens with one attached hydrogen (secondary N) is 1. The van der Waals surface area contributed by atoms with Gasteiger partial charge in [-0.05, 0) is 31.4 Å². The fraction of sp³-hybridized carbons (Fsp3) is 0.450. The van der Waals surface area contributed by atoms with Crippen molar-refractivity contribution in [3.05, 3.63) is 41.2 Å². The zero-order valence-electron chi connectivity index (χ0n) is 16.2. The quantitative estimate of drug-likeness (QED) is 0.747. The first-order chi connectivity index (χ1) is 14.5. The lowest BCUT2D eigenvalue weighted by Gasteiger charge is -2.22. The molecule has 2 aromatic rings. The second-order valence-corrected chi connectivity index (χ2v) is 7.72. The second kappa shape index (κ2) is 8.99. The van der Waals surface area contributed by atoms with Gasteiger partial charge in [0.15, 0.2) is 5.69 Å². The van der Waals surface area contributed by atoms with Crippen LogP contribution in [0.2, 0.25) is 5.02 Å². The highest BCUT2D eigenvalue weighted by atomic mass is 35.5. The molecule has 0 aliphatic carbocycles. The molecule has 10 heteroatoms. The Hall–Kier alpha value is -2.68. The van der Waals surface area contributed by atoms with Crippen molar-refractivity contribution in [2.45, 2.75) is 31.9 Å². The minimum Gasteiger partial charge on any atom is -0.433 e. The third-order valence-electron chi connectivity index (χ3n) is 5.28. The van der Waals surface area contributed by atoms with Gasteiger partial charge in [-0.25, -0.2) is 9.97 Å². The number of halogens is 3. The highest BCUT2D eigenvalue weighted by Crippen LogP contribution is 2.32. The van der Waals surface area contributed by atoms with Crippen molar-refractivity contribution in [3.63, 3.8) is 0 Å². The van der Waals surface area contributed by atoms with Gasteiger partial charge in [0.05, 0.1) is 16.9 Å². The maximum absolute atomic E-state index is 12.8. The molecule has 1 N–H and O–H groups in total. The monoisotopic (exact) mass is 437 g/mol. The Balaban J connectivity index is 1.43. The van der Waals surface area contributed by atoms with Gasteiger partial charge in [0.1, 0.15) is 5.75 Å². The van der Waals surface area contributed by atoms with Gasteiger partial charge in [0.25, 0.3) is 5.91 Å². The summed E-state index contributed by atoms with van der Waals surface area (Å²) in [4.78, 5) is 25.4. The third-order valence-corrected chi connectivity index (χ3v) is 5.56. The molecule has 4 rings (SSSR count). The van der Waals surface area contributed by atoms with Gasteiger partial charge in [0.2, 0.25) is 5.95 Å². The van der Waals surface area contributed by atoms with E-state index in [0.717, 1.165) is 25.9 Å². The number of rotatable bonds is 6. The van der Waals surface area contributed by atoms with E-state index >= 15 is 0 Å². The van der Waals surface area contributed by atoms with Crippen molar-refractivity contribution in [3.8, 4) is 5.75 Å². The van der Waals surface area contributed by atoms with Crippen LogP contribution in [0.25, 0.3) is 0 Å². The lowest BCUT2D eigenvalue weighted by atomic mass is 10.2. The lowest BCUT2D eigenvalue weighted by Crippen LogP contribution is -2.38. The highest BCUT2D eigenvalue weighted by molar-refractivity contribution is 6.33. The molecule has 1 aromatic carbocycles. The van der Waals surface area contributed by atoms with Gasteiger partial charge >= 0.3 is 6.61 Å². The molecule has 1 aromatic heterocycles. The Morgan fingerprint density at radius 2 is 1.97 bits per heavy atom. The minimum absolute atomic E-state index is 0.119. The summed E-state index contributed by atoms with van der Waals surface area (Å²) in [5.41, 5.74) is 0.722. The van der Waals surface area contributed by atoms with Gasteiger partial charge in [-0.2, -0.15) is 8.78 Å². The summed E-state index contributed by atoms with van der Waals surface area (Å²) >= 11 is 6.17. The van der Waals surface area contributed by atoms with Gasteiger partial charge in [-0.15, -0.1) is 0 Å². The third kappa shape index (κ3) is 4.56. The molecule has 0 saturated carbocycles. The molecule has 0 radical (unpaired) electrons. The zero-order chi connectivity index (χ0) is 21.1. The number of alkyl halides is 2. The van der Waals surface area contributed by atoms with Crippen LogP contribution in [0.4, 0.5) is 20.4 Å². The van der Waals surface area contributed by atoms with Crippen molar-refractivity contribution in [1.29, 1.82) is 0 Å². The summed E-state index contributed by atoms with van der Waals surface area (Å²) in [5.74, 6) is 0.258. The molecule has 7 nitrogen and oxygen atoms in total. The standard InChI is InChI=1S/C20H22ClF2N5O2/c21-14-11-24-20(27-8-3-4-9-27)26-17(14)18(29)25-13-7-10-28(12-13)15-5-1-2-6-16(15)30-19(22)23/h1-2,5-6,11,13,19H,3-4,7-10,12H2,(H,25,29). The molecule has 2 fully saturated rings. The topological polar surface area (TPSA) is 70.6 Å². The van der Waals surface area contributed by atoms with E-state index in [0.29, 0.717) is 31.1 Å². The maximum atomic E-state index is 12.8. The number of benzene rings is 1. The van der Waals surface area contributed by atoms with Gasteiger partial charge in [-0.3, -0.25) is 4.79 Å². The predicted octanol–water partition coefficient (Wildman–Crippen LogP) is 3.34. The molecular formula is C20H22ClF2N5O2. The van der Waals surface area contributed by atoms with E-state index in [-0.39, 0.29) is 28.4 Å². The van der Waals surface area contributed by atoms with Crippen LogP contribution in [0.3, 0.4) is 0 Å². The summed E-state index contributed by atoms with van der Waals surface area (Å²) < 4.78 is 30.0. The van der Waals surface area contributed by atoms with Crippen molar-refractivity contribution >= 4 is 29.1 Å². The molecular weight excluding hydrogens is 416 g/mol. The Labute approximate surface area is 178 Å². The average molecular weight is 438 g/mol. The van der Waals surface area contributed by atoms with Crippen molar-refractivity contribution in [2.24, 2.45) is 0 Å². The minimum atomic E-state index is -2.89. The molecule has 1 unspecified atom stereocenters. The smallest absolute Gasteiger partial charge is 0.387 e. The number of ether oxygens (including phenoxy) is 1. The van der Waals surface area contributed by atoms with E-state index in [2.05, 4.69) is 20.0 Å². The highest BCUT2D eigenvalue weighted by Gasteiger charge is 2.28. The Kier molecular flexibility index (Phi) is 6.17. The number of carbonyl (C=O) groups excluding carboxylic acids is 1. The van der Waals surface area contributed by atoms with Crippen LogP contribution in [-0.4, -0.2) is 54.7 Å². The van der Waals surface area contributed by atoms with E-state index in [9.17, 15) is 13.6 Å². The number of carbonyl (C=O) groups is 1. The van der Waals surface area contributed by atoms with E-state index in [1.807, 2.05) is 9.80 Å². The van der Waals surface area contributed by atoms with Crippen LogP contribution < -0.4 is 19.9 Å². The van der Waals surface area contributed by atoms with Crippen molar-refractivity contribution in [2.75, 3.05) is 36.0 Å². The molecule has 0 spiro atoms. The number of amides is 1. The molecule has 30 heavy (non-hydrogen) atoms. The van der Waals surface area contributed by atoms with Crippen molar-refractivity contribution in [1.82, 2.24) is 15.3 Å². The Morgan fingerprint density at radius 1 is 1.20 bits per heavy atom. The molecule has 2 aliphatic heterocycles. The first-order valence-electron chi connectivity index (χ1n) is 9.88. The summed E-state index contributed by atoms with van der Waals surface area (Å²) in [6.45, 7) is -0.1000. The zero-order valence-corrected chi connectivity index (χ0v) is 17.0. The SMILES string of the molecule is O=C(NC1CCN(c2ccccc2OC(F)F)C1)c1nc(N2CCCC2)ncc1Cl. The summed E-state index contributed by atoms with van der Waals surface area (Å²) in [7, 11) is 0. The number of hydrogen-bond acceptors (Lipinski definition) is 6. The molecule has 1 atom stereocenters. The summed E-state index contributed by atoms with van der Waals surface area (Å²) in [5, 5.41) is 3.15. The van der Waals surface area contributed by atoms with Crippen LogP contribution in [-0.2, 0) is 0 Å². The van der Waals surface area contributed by atoms with E-state index in [4.69, 9.17) is 11.6 Å². The number of nitrogens with zero attached hydrogens (tertiary/aromatic N) is 4. The molecule has 2 saturated heterocycles. The van der Waals surface area contributed by atoms with E-state index < -0.39 is 6.61 Å². The first kappa shape index (κ1) is 20.6. The normalized spacial score (nSPS) is 18.9. The number of anilines is 2. The van der Waals surface area contributed by atoms with Gasteiger partial charge in [0, 0.05) is 32.2 Å². The Morgan fingerprint density at radius 3 is 2.73 bits per heavy atom. The van der Waals surface area contributed by atoms with Crippen LogP contribution in [0.5, 0.6) is 5.75 Å². The van der Waals surface area contributed by atoms with Crippen LogP contribution in [0, 0.1) is 0 Å². The molecule has 0 bridgehead atoms. The first-order valence-corrected chi connectivity index (χ1v) is 10.3. The molecule has 3 heterocycles. The van der Waals surface area contributed by atoms with Crippen LogP contribution in [0.1, 0.15) is 29.8 Å². The Bertz CT molecular complexity index is 911. The summed E-state index contributed by atoms with van der Waals surface area (Å²) in [6, 6.07) is 6.48. The largest absolute Gasteiger partial charge is 0.433 e. The second-order valence-electron chi connectivity index (χ2n) is 7.31. The molecule has 2 aliphatic rings. The number of para-hydroxylation sites is 2. The van der Waals surface area contributed by atoms with Crippen LogP contribution >= 0.6 is 11.6 Å². The predicted molar refractivity (Wildman–Crippen MR) is 110 cm³/mol. The summed E-state index contributed by atoms with van der Waals surface area (Å²) in [6.07, 6.45) is 4.26. The van der Waals surface area contributed by atoms with Crippen LogP contribution in [0.15, 0.2) is 30.5 Å². The molecule has 1 amide bonds. The fourth-order valence-electron chi connectivity index (χ4n) is 3.85. The van der Waals surface area contributed by atoms with Gasteiger partial charge in [-0.1, -0.05) is 23.7 Å². The average Bonchev–Trinajstić information content (AvgIpc) is 3.40. The van der Waals surface area contributed by atoms with Gasteiger partial charge < -0.3 is 19.9 Å². The maximum Gasteiger partial charge on any atom is 0.387 e. The molecule has 160 valence electrons. The van der Waals surface area contributed by atoms with Crippen molar-refractivity contribution < 1.29 is 18.3 Å². The number of hydrogen-bond donors (Lipinski definition) is 1. The van der Waals surface area contributed by atoms with E-state index in [1.54, 1.807) is 18.2 Å². The lowest BCUT2D eigenvalue weighted by molar-refractivity contribution is -0.0495. The number of aromatic nitrogens is 2. The van der Waals surface area contributed by atoms with E-state index in [1.165, 1.54) is 12.3 Å².